The van der Waals surface area contributed by atoms with Crippen LogP contribution >= 0.6 is 0 Å². The predicted octanol–water partition coefficient (Wildman–Crippen LogP) is 1.77. The van der Waals surface area contributed by atoms with Crippen LogP contribution in [0.4, 0.5) is 5.69 Å². The first-order valence-corrected chi connectivity index (χ1v) is 3.41. The summed E-state index contributed by atoms with van der Waals surface area (Å²) in [5.41, 5.74) is 1.93. The van der Waals surface area contributed by atoms with E-state index in [2.05, 4.69) is 4.99 Å². The first kappa shape index (κ1) is 8.37. The molecule has 0 aliphatic carbocycles. The average molecular weight is 161 g/mol. The number of hydrogen-bond donors (Lipinski definition) is 0. The summed E-state index contributed by atoms with van der Waals surface area (Å²) < 4.78 is 0. The molecule has 0 N–H and O–H groups in total. The molecule has 0 radical (unpaired) electrons. The SMILES string of the molecule is Cc1cc(C=O)ccc1N=C=O. The van der Waals surface area contributed by atoms with Crippen molar-refractivity contribution in [2.24, 2.45) is 4.99 Å². The van der Waals surface area contributed by atoms with Crippen LogP contribution in [0, 0.1) is 6.92 Å². The van der Waals surface area contributed by atoms with Gasteiger partial charge in [0.15, 0.2) is 0 Å². The third kappa shape index (κ3) is 1.65. The Labute approximate surface area is 69.7 Å². The number of carbonyl (C=O) groups excluding carboxylic acids is 2. The molecule has 60 valence electrons. The van der Waals surface area contributed by atoms with Gasteiger partial charge in [0.1, 0.15) is 6.29 Å². The molecule has 0 heterocycles. The van der Waals surface area contributed by atoms with E-state index < -0.39 is 0 Å². The van der Waals surface area contributed by atoms with Crippen molar-refractivity contribution in [2.75, 3.05) is 0 Å². The van der Waals surface area contributed by atoms with Crippen LogP contribution in [-0.2, 0) is 4.79 Å². The zero-order valence-electron chi connectivity index (χ0n) is 6.57. The molecule has 0 saturated carbocycles. The van der Waals surface area contributed by atoms with Crippen LogP contribution in [0.3, 0.4) is 0 Å². The van der Waals surface area contributed by atoms with E-state index in [1.807, 2.05) is 0 Å². The monoisotopic (exact) mass is 161 g/mol. The molecule has 0 aromatic heterocycles. The molecule has 0 amide bonds. The van der Waals surface area contributed by atoms with E-state index in [0.29, 0.717) is 11.3 Å². The summed E-state index contributed by atoms with van der Waals surface area (Å²) in [6, 6.07) is 4.89. The minimum absolute atomic E-state index is 0.551. The number of rotatable bonds is 2. The molecule has 3 nitrogen and oxygen atoms in total. The Bertz CT molecular complexity index is 352. The van der Waals surface area contributed by atoms with Gasteiger partial charge in [0, 0.05) is 5.56 Å². The van der Waals surface area contributed by atoms with Gasteiger partial charge in [0.05, 0.1) is 5.69 Å². The Kier molecular flexibility index (Phi) is 2.51. The molecule has 0 atom stereocenters. The first-order valence-electron chi connectivity index (χ1n) is 3.41. The lowest BCUT2D eigenvalue weighted by Gasteiger charge is -1.97. The molecule has 0 aliphatic rings. The fraction of sp³-hybridized carbons (Fsp3) is 0.111. The van der Waals surface area contributed by atoms with Gasteiger partial charge in [-0.15, -0.1) is 0 Å². The van der Waals surface area contributed by atoms with Gasteiger partial charge < -0.3 is 0 Å². The summed E-state index contributed by atoms with van der Waals surface area (Å²) in [4.78, 5) is 23.7. The minimum atomic E-state index is 0.551. The number of aldehydes is 1. The molecule has 0 fully saturated rings. The maximum atomic E-state index is 10.3. The number of aryl methyl sites for hydroxylation is 1. The topological polar surface area (TPSA) is 46.5 Å². The van der Waals surface area contributed by atoms with Crippen molar-refractivity contribution in [1.82, 2.24) is 0 Å². The lowest BCUT2D eigenvalue weighted by atomic mass is 10.1. The fourth-order valence-electron chi connectivity index (χ4n) is 0.927. The Morgan fingerprint density at radius 2 is 2.25 bits per heavy atom. The first-order chi connectivity index (χ1) is 5.77. The van der Waals surface area contributed by atoms with Crippen molar-refractivity contribution in [3.05, 3.63) is 29.3 Å². The molecule has 0 saturated heterocycles. The number of aliphatic imine (C=N–C) groups is 1. The van der Waals surface area contributed by atoms with Crippen molar-refractivity contribution in [3.63, 3.8) is 0 Å². The van der Waals surface area contributed by atoms with Crippen LogP contribution in [0.5, 0.6) is 0 Å². The Morgan fingerprint density at radius 1 is 1.50 bits per heavy atom. The molecule has 12 heavy (non-hydrogen) atoms. The van der Waals surface area contributed by atoms with Crippen molar-refractivity contribution < 1.29 is 9.59 Å². The van der Waals surface area contributed by atoms with Crippen molar-refractivity contribution in [3.8, 4) is 0 Å². The van der Waals surface area contributed by atoms with E-state index in [9.17, 15) is 9.59 Å². The van der Waals surface area contributed by atoms with Crippen molar-refractivity contribution in [2.45, 2.75) is 6.92 Å². The lowest BCUT2D eigenvalue weighted by molar-refractivity contribution is 0.112. The molecular weight excluding hydrogens is 154 g/mol. The van der Waals surface area contributed by atoms with Crippen LogP contribution in [-0.4, -0.2) is 12.4 Å². The number of nitrogens with zero attached hydrogens (tertiary/aromatic N) is 1. The molecule has 0 unspecified atom stereocenters. The van der Waals surface area contributed by atoms with Gasteiger partial charge in [-0.25, -0.2) is 4.79 Å². The normalized spacial score (nSPS) is 8.75. The van der Waals surface area contributed by atoms with Gasteiger partial charge in [-0.05, 0) is 30.7 Å². The van der Waals surface area contributed by atoms with Crippen molar-refractivity contribution >= 4 is 18.1 Å². The summed E-state index contributed by atoms with van der Waals surface area (Å²) in [7, 11) is 0. The van der Waals surface area contributed by atoms with Gasteiger partial charge in [0.25, 0.3) is 0 Å². The quantitative estimate of drug-likeness (QED) is 0.377. The second kappa shape index (κ2) is 3.60. The van der Waals surface area contributed by atoms with E-state index >= 15 is 0 Å². The van der Waals surface area contributed by atoms with Crippen molar-refractivity contribution in [1.29, 1.82) is 0 Å². The molecular formula is C9H7NO2. The Morgan fingerprint density at radius 3 is 2.75 bits per heavy atom. The van der Waals surface area contributed by atoms with E-state index in [4.69, 9.17) is 0 Å². The average Bonchev–Trinajstić information content (AvgIpc) is 2.09. The summed E-state index contributed by atoms with van der Waals surface area (Å²) in [5.74, 6) is 0. The van der Waals surface area contributed by atoms with E-state index in [1.165, 1.54) is 6.08 Å². The molecule has 0 bridgehead atoms. The molecule has 1 rings (SSSR count). The molecule has 1 aromatic rings. The van der Waals surface area contributed by atoms with E-state index in [1.54, 1.807) is 25.1 Å². The third-order valence-corrected chi connectivity index (χ3v) is 1.52. The predicted molar refractivity (Wildman–Crippen MR) is 44.3 cm³/mol. The second-order valence-corrected chi connectivity index (χ2v) is 2.37. The van der Waals surface area contributed by atoms with Crippen LogP contribution in [0.2, 0.25) is 0 Å². The van der Waals surface area contributed by atoms with Crippen LogP contribution < -0.4 is 0 Å². The highest BCUT2D eigenvalue weighted by Gasteiger charge is 1.96. The van der Waals surface area contributed by atoms with Crippen LogP contribution in [0.25, 0.3) is 0 Å². The summed E-state index contributed by atoms with van der Waals surface area (Å²) >= 11 is 0. The highest BCUT2D eigenvalue weighted by Crippen LogP contribution is 2.17. The maximum Gasteiger partial charge on any atom is 0.240 e. The Balaban J connectivity index is 3.19. The van der Waals surface area contributed by atoms with Gasteiger partial charge in [-0.2, -0.15) is 4.99 Å². The second-order valence-electron chi connectivity index (χ2n) is 2.37. The zero-order valence-corrected chi connectivity index (χ0v) is 6.57. The third-order valence-electron chi connectivity index (χ3n) is 1.52. The molecule has 1 aromatic carbocycles. The standard InChI is InChI=1S/C9H7NO2/c1-7-4-8(5-11)2-3-9(7)10-6-12/h2-5H,1H3. The van der Waals surface area contributed by atoms with E-state index in [-0.39, 0.29) is 0 Å². The fourth-order valence-corrected chi connectivity index (χ4v) is 0.927. The minimum Gasteiger partial charge on any atom is -0.298 e. The highest BCUT2D eigenvalue weighted by molar-refractivity contribution is 5.76. The smallest absolute Gasteiger partial charge is 0.240 e. The van der Waals surface area contributed by atoms with Gasteiger partial charge in [-0.3, -0.25) is 4.79 Å². The zero-order chi connectivity index (χ0) is 8.97. The number of carbonyl (C=O) groups is 1. The molecule has 3 heteroatoms. The van der Waals surface area contributed by atoms with Gasteiger partial charge in [0.2, 0.25) is 6.08 Å². The van der Waals surface area contributed by atoms with Gasteiger partial charge in [-0.1, -0.05) is 0 Å². The summed E-state index contributed by atoms with van der Waals surface area (Å²) in [6.45, 7) is 1.78. The molecule has 0 spiro atoms. The summed E-state index contributed by atoms with van der Waals surface area (Å²) in [5, 5.41) is 0. The summed E-state index contributed by atoms with van der Waals surface area (Å²) in [6.07, 6.45) is 2.20. The largest absolute Gasteiger partial charge is 0.298 e. The maximum absolute atomic E-state index is 10.3. The number of hydrogen-bond acceptors (Lipinski definition) is 3. The molecule has 0 aliphatic heterocycles. The number of benzene rings is 1. The van der Waals surface area contributed by atoms with E-state index in [0.717, 1.165) is 11.8 Å². The number of isocyanates is 1. The Hall–Kier alpha value is -1.73. The van der Waals surface area contributed by atoms with Crippen LogP contribution in [0.15, 0.2) is 23.2 Å². The highest BCUT2D eigenvalue weighted by atomic mass is 16.1. The van der Waals surface area contributed by atoms with Gasteiger partial charge >= 0.3 is 0 Å². The van der Waals surface area contributed by atoms with Crippen LogP contribution in [0.1, 0.15) is 15.9 Å². The lowest BCUT2D eigenvalue weighted by Crippen LogP contribution is -1.81.